The summed E-state index contributed by atoms with van der Waals surface area (Å²) >= 11 is 11.5. The Labute approximate surface area is 103 Å². The molecule has 0 spiro atoms. The number of halogens is 2. The monoisotopic (exact) mass is 260 g/mol. The smallest absolute Gasteiger partial charge is 0.224 e. The van der Waals surface area contributed by atoms with Crippen LogP contribution in [0.5, 0.6) is 0 Å². The summed E-state index contributed by atoms with van der Waals surface area (Å²) in [6.07, 6.45) is 0.0722. The van der Waals surface area contributed by atoms with Crippen LogP contribution in [0.1, 0.15) is 12.8 Å². The molecule has 0 radical (unpaired) electrons. The van der Waals surface area contributed by atoms with E-state index >= 15 is 0 Å². The van der Waals surface area contributed by atoms with Gasteiger partial charge in [0.25, 0.3) is 0 Å². The van der Waals surface area contributed by atoms with Crippen LogP contribution in [-0.4, -0.2) is 11.8 Å². The molecular weight excluding hydrogens is 251 g/mol. The molecular formula is C10H10Cl2N2O2. The van der Waals surface area contributed by atoms with Crippen LogP contribution < -0.4 is 11.1 Å². The Morgan fingerprint density at radius 1 is 1.19 bits per heavy atom. The largest absolute Gasteiger partial charge is 0.370 e. The van der Waals surface area contributed by atoms with Gasteiger partial charge in [-0.15, -0.1) is 0 Å². The third kappa shape index (κ3) is 4.08. The topological polar surface area (TPSA) is 72.2 Å². The normalized spacial score (nSPS) is 9.88. The molecule has 0 aromatic heterocycles. The molecule has 0 aliphatic heterocycles. The van der Waals surface area contributed by atoms with Gasteiger partial charge in [0.05, 0.1) is 10.0 Å². The van der Waals surface area contributed by atoms with Crippen molar-refractivity contribution >= 4 is 40.7 Å². The number of amides is 2. The van der Waals surface area contributed by atoms with E-state index in [1.54, 1.807) is 12.1 Å². The summed E-state index contributed by atoms with van der Waals surface area (Å²) in [5.74, 6) is -0.804. The van der Waals surface area contributed by atoms with E-state index in [4.69, 9.17) is 28.9 Å². The third-order valence-electron chi connectivity index (χ3n) is 1.80. The predicted octanol–water partition coefficient (Wildman–Crippen LogP) is 2.20. The number of primary amides is 1. The minimum absolute atomic E-state index is 0.0210. The Bertz CT molecular complexity index is 421. The second-order valence-corrected chi connectivity index (χ2v) is 3.96. The molecule has 4 nitrogen and oxygen atoms in total. The van der Waals surface area contributed by atoms with Crippen LogP contribution in [-0.2, 0) is 9.59 Å². The molecule has 0 bridgehead atoms. The number of anilines is 1. The standard InChI is InChI=1S/C10H10Cl2N2O2/c11-7-2-1-6(5-8(7)12)14-10(16)4-3-9(13)15/h1-2,5H,3-4H2,(H2,13,15)(H,14,16). The number of hydrogen-bond acceptors (Lipinski definition) is 2. The summed E-state index contributed by atoms with van der Waals surface area (Å²) < 4.78 is 0. The van der Waals surface area contributed by atoms with Crippen LogP contribution in [0.4, 0.5) is 5.69 Å². The van der Waals surface area contributed by atoms with E-state index < -0.39 is 5.91 Å². The molecule has 0 fully saturated rings. The van der Waals surface area contributed by atoms with E-state index in [9.17, 15) is 9.59 Å². The Morgan fingerprint density at radius 3 is 2.44 bits per heavy atom. The molecule has 0 atom stereocenters. The van der Waals surface area contributed by atoms with E-state index in [1.807, 2.05) is 0 Å². The summed E-state index contributed by atoms with van der Waals surface area (Å²) in [5.41, 5.74) is 5.45. The summed E-state index contributed by atoms with van der Waals surface area (Å²) in [4.78, 5) is 21.8. The second-order valence-electron chi connectivity index (χ2n) is 3.14. The molecule has 0 aliphatic rings. The number of carbonyl (C=O) groups is 2. The number of rotatable bonds is 4. The Morgan fingerprint density at radius 2 is 1.88 bits per heavy atom. The Hall–Kier alpha value is -1.26. The maximum atomic E-state index is 11.3. The predicted molar refractivity (Wildman–Crippen MR) is 63.5 cm³/mol. The van der Waals surface area contributed by atoms with Gasteiger partial charge < -0.3 is 11.1 Å². The first kappa shape index (κ1) is 12.8. The highest BCUT2D eigenvalue weighted by Gasteiger charge is 2.06. The first-order valence-corrected chi connectivity index (χ1v) is 5.28. The van der Waals surface area contributed by atoms with E-state index in [0.29, 0.717) is 15.7 Å². The number of benzene rings is 1. The summed E-state index contributed by atoms with van der Waals surface area (Å²) in [5, 5.41) is 3.35. The van der Waals surface area contributed by atoms with E-state index in [-0.39, 0.29) is 18.7 Å². The molecule has 16 heavy (non-hydrogen) atoms. The molecule has 2 amide bonds. The van der Waals surface area contributed by atoms with Gasteiger partial charge in [0.2, 0.25) is 11.8 Å². The second kappa shape index (κ2) is 5.72. The van der Waals surface area contributed by atoms with Crippen LogP contribution in [0.15, 0.2) is 18.2 Å². The maximum absolute atomic E-state index is 11.3. The van der Waals surface area contributed by atoms with E-state index in [1.165, 1.54) is 6.07 Å². The van der Waals surface area contributed by atoms with Crippen molar-refractivity contribution in [2.75, 3.05) is 5.32 Å². The van der Waals surface area contributed by atoms with Gasteiger partial charge in [-0.3, -0.25) is 9.59 Å². The van der Waals surface area contributed by atoms with Gasteiger partial charge in [0.15, 0.2) is 0 Å². The van der Waals surface area contributed by atoms with Crippen molar-refractivity contribution in [2.45, 2.75) is 12.8 Å². The van der Waals surface area contributed by atoms with Crippen LogP contribution in [0.25, 0.3) is 0 Å². The third-order valence-corrected chi connectivity index (χ3v) is 2.54. The van der Waals surface area contributed by atoms with E-state index in [0.717, 1.165) is 0 Å². The average molecular weight is 261 g/mol. The van der Waals surface area contributed by atoms with Gasteiger partial charge in [-0.05, 0) is 18.2 Å². The first-order chi connectivity index (χ1) is 7.49. The van der Waals surface area contributed by atoms with E-state index in [2.05, 4.69) is 5.32 Å². The lowest BCUT2D eigenvalue weighted by molar-refractivity contribution is -0.122. The van der Waals surface area contributed by atoms with Crippen molar-refractivity contribution in [1.29, 1.82) is 0 Å². The summed E-state index contributed by atoms with van der Waals surface area (Å²) in [6.45, 7) is 0. The zero-order chi connectivity index (χ0) is 12.1. The molecule has 0 saturated heterocycles. The van der Waals surface area contributed by atoms with Crippen molar-refractivity contribution < 1.29 is 9.59 Å². The van der Waals surface area contributed by atoms with Gasteiger partial charge in [-0.2, -0.15) is 0 Å². The quantitative estimate of drug-likeness (QED) is 0.871. The molecule has 1 aromatic carbocycles. The van der Waals surface area contributed by atoms with Gasteiger partial charge >= 0.3 is 0 Å². The fourth-order valence-electron chi connectivity index (χ4n) is 1.03. The highest BCUT2D eigenvalue weighted by Crippen LogP contribution is 2.24. The fraction of sp³-hybridized carbons (Fsp3) is 0.200. The molecule has 6 heteroatoms. The van der Waals surface area contributed by atoms with Crippen LogP contribution >= 0.6 is 23.2 Å². The highest BCUT2D eigenvalue weighted by atomic mass is 35.5. The highest BCUT2D eigenvalue weighted by molar-refractivity contribution is 6.42. The maximum Gasteiger partial charge on any atom is 0.224 e. The zero-order valence-electron chi connectivity index (χ0n) is 8.30. The van der Waals surface area contributed by atoms with Crippen molar-refractivity contribution in [3.05, 3.63) is 28.2 Å². The van der Waals surface area contributed by atoms with Crippen LogP contribution in [0.3, 0.4) is 0 Å². The number of carbonyl (C=O) groups excluding carboxylic acids is 2. The van der Waals surface area contributed by atoms with Crippen molar-refractivity contribution in [3.8, 4) is 0 Å². The molecule has 3 N–H and O–H groups in total. The SMILES string of the molecule is NC(=O)CCC(=O)Nc1ccc(Cl)c(Cl)c1. The summed E-state index contributed by atoms with van der Waals surface area (Å²) in [6, 6.07) is 4.73. The van der Waals surface area contributed by atoms with Gasteiger partial charge in [0, 0.05) is 18.5 Å². The van der Waals surface area contributed by atoms with Crippen molar-refractivity contribution in [2.24, 2.45) is 5.73 Å². The zero-order valence-corrected chi connectivity index (χ0v) is 9.81. The molecule has 0 saturated carbocycles. The first-order valence-electron chi connectivity index (χ1n) is 4.52. The average Bonchev–Trinajstić information content (AvgIpc) is 2.21. The minimum Gasteiger partial charge on any atom is -0.370 e. The lowest BCUT2D eigenvalue weighted by atomic mass is 10.2. The van der Waals surface area contributed by atoms with Crippen molar-refractivity contribution in [1.82, 2.24) is 0 Å². The fourth-order valence-corrected chi connectivity index (χ4v) is 1.33. The van der Waals surface area contributed by atoms with Gasteiger partial charge in [0.1, 0.15) is 0 Å². The van der Waals surface area contributed by atoms with Crippen LogP contribution in [0, 0.1) is 0 Å². The van der Waals surface area contributed by atoms with Gasteiger partial charge in [-0.1, -0.05) is 23.2 Å². The molecule has 1 rings (SSSR count). The molecule has 1 aromatic rings. The minimum atomic E-state index is -0.510. The Balaban J connectivity index is 2.56. The number of nitrogens with one attached hydrogen (secondary N) is 1. The number of hydrogen-bond donors (Lipinski definition) is 2. The molecule has 0 aliphatic carbocycles. The molecule has 0 heterocycles. The molecule has 0 unspecified atom stereocenters. The summed E-state index contributed by atoms with van der Waals surface area (Å²) in [7, 11) is 0. The van der Waals surface area contributed by atoms with Crippen LogP contribution in [0.2, 0.25) is 10.0 Å². The molecule has 86 valence electrons. The number of nitrogens with two attached hydrogens (primary N) is 1. The Kier molecular flexibility index (Phi) is 4.58. The van der Waals surface area contributed by atoms with Crippen molar-refractivity contribution in [3.63, 3.8) is 0 Å². The lowest BCUT2D eigenvalue weighted by Crippen LogP contribution is -2.17. The lowest BCUT2D eigenvalue weighted by Gasteiger charge is -2.05. The van der Waals surface area contributed by atoms with Gasteiger partial charge in [-0.25, -0.2) is 0 Å².